The minimum Gasteiger partial charge on any atom is -0.479 e. The van der Waals surface area contributed by atoms with E-state index in [0.29, 0.717) is 12.8 Å². The molecule has 2 aromatic carbocycles. The van der Waals surface area contributed by atoms with Crippen molar-refractivity contribution in [1.82, 2.24) is 15.5 Å². The van der Waals surface area contributed by atoms with Crippen LogP contribution in [0.2, 0.25) is 0 Å². The van der Waals surface area contributed by atoms with Gasteiger partial charge in [0.05, 0.1) is 6.10 Å². The van der Waals surface area contributed by atoms with Gasteiger partial charge in [-0.15, -0.1) is 0 Å². The zero-order valence-corrected chi connectivity index (χ0v) is 19.9. The van der Waals surface area contributed by atoms with E-state index < -0.39 is 24.2 Å². The summed E-state index contributed by atoms with van der Waals surface area (Å²) in [6.07, 6.45) is -0.912. The van der Waals surface area contributed by atoms with E-state index in [1.807, 2.05) is 36.4 Å². The van der Waals surface area contributed by atoms with Crippen molar-refractivity contribution in [2.45, 2.75) is 37.0 Å². The Kier molecular flexibility index (Phi) is 7.67. The van der Waals surface area contributed by atoms with Gasteiger partial charge in [-0.25, -0.2) is 9.59 Å². The van der Waals surface area contributed by atoms with Gasteiger partial charge in [0.25, 0.3) is 0 Å². The van der Waals surface area contributed by atoms with Crippen LogP contribution in [0, 0.1) is 0 Å². The summed E-state index contributed by atoms with van der Waals surface area (Å²) in [5.41, 5.74) is 4.50. The SMILES string of the molecule is CN(C)CC(NC(=O)OCC1c2ccccc2-c2ccccc21)C(=O)NCC1CCC(C(=O)O)O1. The first-order valence-corrected chi connectivity index (χ1v) is 11.8. The van der Waals surface area contributed by atoms with Crippen LogP contribution < -0.4 is 10.6 Å². The summed E-state index contributed by atoms with van der Waals surface area (Å²) >= 11 is 0. The van der Waals surface area contributed by atoms with Crippen molar-refractivity contribution in [3.8, 4) is 11.1 Å². The normalized spacial score (nSPS) is 19.6. The van der Waals surface area contributed by atoms with Crippen molar-refractivity contribution in [2.24, 2.45) is 0 Å². The van der Waals surface area contributed by atoms with Gasteiger partial charge in [-0.05, 0) is 49.2 Å². The highest BCUT2D eigenvalue weighted by atomic mass is 16.5. The Morgan fingerprint density at radius 1 is 1.06 bits per heavy atom. The molecule has 186 valence electrons. The van der Waals surface area contributed by atoms with E-state index in [0.717, 1.165) is 22.3 Å². The van der Waals surface area contributed by atoms with Crippen LogP contribution in [0.1, 0.15) is 29.9 Å². The number of likely N-dealkylation sites (N-methyl/N-ethyl adjacent to an activating group) is 1. The molecule has 35 heavy (non-hydrogen) atoms. The number of nitrogens with zero attached hydrogens (tertiary/aromatic N) is 1. The molecule has 9 nitrogen and oxygen atoms in total. The summed E-state index contributed by atoms with van der Waals surface area (Å²) in [5.74, 6) is -1.45. The molecule has 3 N–H and O–H groups in total. The number of aliphatic carboxylic acids is 1. The second-order valence-corrected chi connectivity index (χ2v) is 9.19. The Bertz CT molecular complexity index is 1040. The van der Waals surface area contributed by atoms with Gasteiger partial charge in [0.15, 0.2) is 6.10 Å². The minimum atomic E-state index is -0.999. The van der Waals surface area contributed by atoms with Crippen LogP contribution in [-0.2, 0) is 19.1 Å². The maximum atomic E-state index is 12.8. The zero-order chi connectivity index (χ0) is 24.9. The minimum absolute atomic E-state index is 0.0732. The number of nitrogens with one attached hydrogen (secondary N) is 2. The molecule has 1 aliphatic carbocycles. The van der Waals surface area contributed by atoms with Crippen molar-refractivity contribution in [2.75, 3.05) is 33.8 Å². The van der Waals surface area contributed by atoms with Crippen molar-refractivity contribution in [3.05, 3.63) is 59.7 Å². The lowest BCUT2D eigenvalue weighted by Crippen LogP contribution is -2.52. The van der Waals surface area contributed by atoms with Gasteiger partial charge in [0.1, 0.15) is 12.6 Å². The largest absolute Gasteiger partial charge is 0.479 e. The van der Waals surface area contributed by atoms with Crippen LogP contribution in [0.25, 0.3) is 11.1 Å². The Morgan fingerprint density at radius 3 is 2.26 bits per heavy atom. The highest BCUT2D eigenvalue weighted by Crippen LogP contribution is 2.44. The second kappa shape index (κ2) is 10.9. The monoisotopic (exact) mass is 481 g/mol. The number of benzene rings is 2. The third-order valence-electron chi connectivity index (χ3n) is 6.39. The predicted molar refractivity (Wildman–Crippen MR) is 129 cm³/mol. The number of carbonyl (C=O) groups excluding carboxylic acids is 2. The molecule has 0 spiro atoms. The molecule has 9 heteroatoms. The quantitative estimate of drug-likeness (QED) is 0.503. The van der Waals surface area contributed by atoms with Crippen LogP contribution in [0.4, 0.5) is 4.79 Å². The lowest BCUT2D eigenvalue weighted by molar-refractivity contribution is -0.149. The summed E-state index contributed by atoms with van der Waals surface area (Å²) < 4.78 is 11.0. The lowest BCUT2D eigenvalue weighted by Gasteiger charge is -2.23. The Labute approximate surface area is 204 Å². The number of carboxylic acid groups (broad SMARTS) is 1. The first-order valence-electron chi connectivity index (χ1n) is 11.8. The second-order valence-electron chi connectivity index (χ2n) is 9.19. The maximum absolute atomic E-state index is 12.8. The smallest absolute Gasteiger partial charge is 0.407 e. The predicted octanol–water partition coefficient (Wildman–Crippen LogP) is 2.20. The summed E-state index contributed by atoms with van der Waals surface area (Å²) in [7, 11) is 3.61. The topological polar surface area (TPSA) is 117 Å². The van der Waals surface area contributed by atoms with Gasteiger partial charge in [-0.3, -0.25) is 4.79 Å². The van der Waals surface area contributed by atoms with Crippen molar-refractivity contribution < 1.29 is 29.0 Å². The molecule has 0 bridgehead atoms. The number of alkyl carbamates (subject to hydrolysis) is 1. The number of amides is 2. The highest BCUT2D eigenvalue weighted by molar-refractivity contribution is 5.86. The van der Waals surface area contributed by atoms with Crippen LogP contribution >= 0.6 is 0 Å². The molecule has 0 saturated carbocycles. The summed E-state index contributed by atoms with van der Waals surface area (Å²) in [4.78, 5) is 38.3. The highest BCUT2D eigenvalue weighted by Gasteiger charge is 2.32. The first kappa shape index (κ1) is 24.7. The van der Waals surface area contributed by atoms with Crippen molar-refractivity contribution >= 4 is 18.0 Å². The number of rotatable bonds is 9. The molecule has 3 unspecified atom stereocenters. The van der Waals surface area contributed by atoms with Crippen LogP contribution in [0.15, 0.2) is 48.5 Å². The average Bonchev–Trinajstić information content (AvgIpc) is 3.44. The molecule has 1 fully saturated rings. The zero-order valence-electron chi connectivity index (χ0n) is 19.9. The molecular formula is C26H31N3O6. The van der Waals surface area contributed by atoms with Gasteiger partial charge in [-0.1, -0.05) is 48.5 Å². The standard InChI is InChI=1S/C26H31N3O6/c1-29(2)14-22(24(30)27-13-16-11-12-23(35-16)25(31)32)28-26(33)34-15-21-19-9-5-3-7-17(19)18-8-4-6-10-20(18)21/h3-10,16,21-23H,11-15H2,1-2H3,(H,27,30)(H,28,33)(H,31,32). The number of carboxylic acids is 1. The van der Waals surface area contributed by atoms with E-state index in [1.54, 1.807) is 19.0 Å². The molecular weight excluding hydrogens is 450 g/mol. The number of ether oxygens (including phenoxy) is 2. The third kappa shape index (κ3) is 5.80. The van der Waals surface area contributed by atoms with Gasteiger partial charge >= 0.3 is 12.1 Å². The van der Waals surface area contributed by atoms with Crippen LogP contribution in [-0.4, -0.2) is 80.0 Å². The molecule has 2 aliphatic rings. The molecule has 2 aromatic rings. The fraction of sp³-hybridized carbons (Fsp3) is 0.423. The maximum Gasteiger partial charge on any atom is 0.407 e. The summed E-state index contributed by atoms with van der Waals surface area (Å²) in [5, 5.41) is 14.5. The van der Waals surface area contributed by atoms with Gasteiger partial charge in [0.2, 0.25) is 5.91 Å². The van der Waals surface area contributed by atoms with E-state index in [4.69, 9.17) is 14.6 Å². The van der Waals surface area contributed by atoms with E-state index >= 15 is 0 Å². The fourth-order valence-corrected chi connectivity index (χ4v) is 4.72. The van der Waals surface area contributed by atoms with E-state index in [9.17, 15) is 14.4 Å². The van der Waals surface area contributed by atoms with Crippen molar-refractivity contribution in [3.63, 3.8) is 0 Å². The van der Waals surface area contributed by atoms with E-state index in [2.05, 4.69) is 22.8 Å². The van der Waals surface area contributed by atoms with E-state index in [1.165, 1.54) is 0 Å². The molecule has 0 aromatic heterocycles. The van der Waals surface area contributed by atoms with Gasteiger partial charge < -0.3 is 30.1 Å². The molecule has 4 rings (SSSR count). The van der Waals surface area contributed by atoms with Crippen molar-refractivity contribution in [1.29, 1.82) is 0 Å². The molecule has 1 aliphatic heterocycles. The third-order valence-corrected chi connectivity index (χ3v) is 6.39. The number of fused-ring (bicyclic) bond motifs is 3. The summed E-state index contributed by atoms with van der Waals surface area (Å²) in [6.45, 7) is 0.612. The Balaban J connectivity index is 1.33. The Morgan fingerprint density at radius 2 is 1.69 bits per heavy atom. The van der Waals surface area contributed by atoms with Crippen LogP contribution in [0.3, 0.4) is 0 Å². The fourth-order valence-electron chi connectivity index (χ4n) is 4.72. The van der Waals surface area contributed by atoms with E-state index in [-0.39, 0.29) is 37.6 Å². The van der Waals surface area contributed by atoms with Gasteiger partial charge in [-0.2, -0.15) is 0 Å². The first-order chi connectivity index (χ1) is 16.8. The lowest BCUT2D eigenvalue weighted by atomic mass is 9.98. The Hall–Kier alpha value is -3.43. The summed E-state index contributed by atoms with van der Waals surface area (Å²) in [6, 6.07) is 15.3. The number of hydrogen-bond acceptors (Lipinski definition) is 6. The van der Waals surface area contributed by atoms with Gasteiger partial charge in [0, 0.05) is 19.0 Å². The molecule has 1 saturated heterocycles. The molecule has 1 heterocycles. The number of hydrogen-bond donors (Lipinski definition) is 3. The van der Waals surface area contributed by atoms with Crippen LogP contribution in [0.5, 0.6) is 0 Å². The molecule has 0 radical (unpaired) electrons. The number of carbonyl (C=O) groups is 3. The molecule has 2 amide bonds. The average molecular weight is 482 g/mol. The molecule has 3 atom stereocenters.